The normalized spacial score (nSPS) is 16.1. The summed E-state index contributed by atoms with van der Waals surface area (Å²) in [5.74, 6) is 0.550. The Hall–Kier alpha value is -2.89. The van der Waals surface area contributed by atoms with E-state index in [1.807, 2.05) is 56.3 Å². The van der Waals surface area contributed by atoms with E-state index in [0.29, 0.717) is 24.5 Å². The topological polar surface area (TPSA) is 62.7 Å². The van der Waals surface area contributed by atoms with Gasteiger partial charge in [0.1, 0.15) is 5.75 Å². The predicted octanol–water partition coefficient (Wildman–Crippen LogP) is 3.02. The van der Waals surface area contributed by atoms with Crippen LogP contribution in [0, 0.1) is 0 Å². The van der Waals surface area contributed by atoms with Gasteiger partial charge in [0.25, 0.3) is 5.91 Å². The summed E-state index contributed by atoms with van der Waals surface area (Å²) in [4.78, 5) is 33.2. The molecule has 0 fully saturated rings. The first-order valence-electron chi connectivity index (χ1n) is 9.24. The maximum absolute atomic E-state index is 12.9. The molecule has 1 aromatic heterocycles. The third-order valence-electron chi connectivity index (χ3n) is 4.63. The number of carbonyl (C=O) groups is 2. The second kappa shape index (κ2) is 8.20. The van der Waals surface area contributed by atoms with Crippen molar-refractivity contribution in [3.63, 3.8) is 0 Å². The first-order valence-corrected chi connectivity index (χ1v) is 9.24. The molecule has 0 aliphatic carbocycles. The van der Waals surface area contributed by atoms with Crippen LogP contribution in [0.1, 0.15) is 32.9 Å². The molecule has 1 aliphatic heterocycles. The number of amides is 2. The van der Waals surface area contributed by atoms with E-state index < -0.39 is 6.10 Å². The van der Waals surface area contributed by atoms with Crippen LogP contribution in [0.15, 0.2) is 48.7 Å². The first-order chi connectivity index (χ1) is 13.0. The van der Waals surface area contributed by atoms with Gasteiger partial charge >= 0.3 is 0 Å². The monoisotopic (exact) mass is 367 g/mol. The van der Waals surface area contributed by atoms with Gasteiger partial charge in [-0.05, 0) is 45.0 Å². The van der Waals surface area contributed by atoms with E-state index in [0.717, 1.165) is 5.69 Å². The zero-order valence-corrected chi connectivity index (χ0v) is 16.0. The van der Waals surface area contributed by atoms with Crippen LogP contribution in [-0.4, -0.2) is 40.4 Å². The molecule has 0 unspecified atom stereocenters. The molecule has 1 aromatic carbocycles. The highest BCUT2D eigenvalue weighted by Gasteiger charge is 2.31. The van der Waals surface area contributed by atoms with Crippen LogP contribution in [0.3, 0.4) is 0 Å². The largest absolute Gasteiger partial charge is 0.479 e. The van der Waals surface area contributed by atoms with Crippen molar-refractivity contribution in [3.05, 3.63) is 54.4 Å². The van der Waals surface area contributed by atoms with E-state index in [1.165, 1.54) is 0 Å². The van der Waals surface area contributed by atoms with E-state index in [-0.39, 0.29) is 24.3 Å². The van der Waals surface area contributed by atoms with Crippen molar-refractivity contribution in [2.75, 3.05) is 11.4 Å². The Morgan fingerprint density at radius 2 is 1.96 bits per heavy atom. The number of pyridine rings is 1. The van der Waals surface area contributed by atoms with Gasteiger partial charge in [-0.25, -0.2) is 0 Å². The lowest BCUT2D eigenvalue weighted by Gasteiger charge is -2.33. The molecule has 2 aromatic rings. The Balaban J connectivity index is 1.71. The molecular weight excluding hydrogens is 342 g/mol. The van der Waals surface area contributed by atoms with Gasteiger partial charge in [0.05, 0.1) is 17.9 Å². The lowest BCUT2D eigenvalue weighted by Crippen LogP contribution is -2.46. The van der Waals surface area contributed by atoms with Crippen molar-refractivity contribution < 1.29 is 14.3 Å². The number of benzene rings is 1. The number of hydrogen-bond acceptors (Lipinski definition) is 4. The van der Waals surface area contributed by atoms with Crippen LogP contribution in [0.4, 0.5) is 5.69 Å². The van der Waals surface area contributed by atoms with Crippen molar-refractivity contribution in [2.45, 2.75) is 45.9 Å². The molecule has 142 valence electrons. The number of fused-ring (bicyclic) bond motifs is 1. The Kier molecular flexibility index (Phi) is 5.74. The van der Waals surface area contributed by atoms with Gasteiger partial charge < -0.3 is 14.5 Å². The average molecular weight is 367 g/mol. The average Bonchev–Trinajstić information content (AvgIpc) is 2.67. The summed E-state index contributed by atoms with van der Waals surface area (Å²) in [6.07, 6.45) is 1.42. The molecular formula is C21H25N3O3. The van der Waals surface area contributed by atoms with Gasteiger partial charge in [0, 0.05) is 25.2 Å². The number of ether oxygens (including phenoxy) is 1. The predicted molar refractivity (Wildman–Crippen MR) is 103 cm³/mol. The van der Waals surface area contributed by atoms with E-state index in [2.05, 4.69) is 4.98 Å². The zero-order chi connectivity index (χ0) is 19.4. The molecule has 1 atom stereocenters. The van der Waals surface area contributed by atoms with Crippen molar-refractivity contribution in [2.24, 2.45) is 0 Å². The Bertz CT molecular complexity index is 807. The fourth-order valence-corrected chi connectivity index (χ4v) is 3.17. The third kappa shape index (κ3) is 4.27. The molecule has 6 nitrogen and oxygen atoms in total. The second-order valence-electron chi connectivity index (χ2n) is 6.90. The molecule has 1 aliphatic rings. The minimum absolute atomic E-state index is 0.0000732. The molecule has 2 amide bonds. The number of anilines is 1. The summed E-state index contributed by atoms with van der Waals surface area (Å²) in [6, 6.07) is 13.1. The van der Waals surface area contributed by atoms with Crippen LogP contribution in [0.25, 0.3) is 0 Å². The molecule has 0 bridgehead atoms. The highest BCUT2D eigenvalue weighted by atomic mass is 16.5. The third-order valence-corrected chi connectivity index (χ3v) is 4.63. The summed E-state index contributed by atoms with van der Waals surface area (Å²) >= 11 is 0. The summed E-state index contributed by atoms with van der Waals surface area (Å²) in [5.41, 5.74) is 1.56. The van der Waals surface area contributed by atoms with E-state index in [1.54, 1.807) is 22.9 Å². The summed E-state index contributed by atoms with van der Waals surface area (Å²) in [7, 11) is 0. The number of carbonyl (C=O) groups excluding carboxylic acids is 2. The van der Waals surface area contributed by atoms with Gasteiger partial charge in [0.2, 0.25) is 5.91 Å². The van der Waals surface area contributed by atoms with Gasteiger partial charge in [0.15, 0.2) is 6.10 Å². The van der Waals surface area contributed by atoms with Gasteiger partial charge in [-0.15, -0.1) is 0 Å². The minimum Gasteiger partial charge on any atom is -0.479 e. The summed E-state index contributed by atoms with van der Waals surface area (Å²) in [5, 5.41) is 0. The number of nitrogens with zero attached hydrogens (tertiary/aromatic N) is 3. The van der Waals surface area contributed by atoms with Gasteiger partial charge in [-0.1, -0.05) is 18.2 Å². The Labute approximate surface area is 159 Å². The second-order valence-corrected chi connectivity index (χ2v) is 6.90. The zero-order valence-electron chi connectivity index (χ0n) is 16.0. The summed E-state index contributed by atoms with van der Waals surface area (Å²) < 4.78 is 5.65. The van der Waals surface area contributed by atoms with Crippen LogP contribution in [0.5, 0.6) is 5.75 Å². The van der Waals surface area contributed by atoms with Crippen molar-refractivity contribution in [1.29, 1.82) is 0 Å². The fourth-order valence-electron chi connectivity index (χ4n) is 3.17. The maximum Gasteiger partial charge on any atom is 0.267 e. The molecule has 0 saturated carbocycles. The van der Waals surface area contributed by atoms with Gasteiger partial charge in [-0.2, -0.15) is 0 Å². The van der Waals surface area contributed by atoms with E-state index >= 15 is 0 Å². The lowest BCUT2D eigenvalue weighted by molar-refractivity contribution is -0.133. The number of para-hydroxylation sites is 2. The highest BCUT2D eigenvalue weighted by molar-refractivity contribution is 6.00. The molecule has 27 heavy (non-hydrogen) atoms. The molecule has 0 saturated heterocycles. The summed E-state index contributed by atoms with van der Waals surface area (Å²) in [6.45, 7) is 6.49. The van der Waals surface area contributed by atoms with Crippen LogP contribution >= 0.6 is 0 Å². The fraction of sp³-hybridized carbons (Fsp3) is 0.381. The SMILES string of the molecule is CC(C)N(Cc1ccccn1)C(=O)CCN1C(=O)[C@H](C)Oc2ccccc21. The number of aromatic nitrogens is 1. The van der Waals surface area contributed by atoms with E-state index in [9.17, 15) is 9.59 Å². The molecule has 6 heteroatoms. The van der Waals surface area contributed by atoms with Crippen molar-refractivity contribution >= 4 is 17.5 Å². The molecule has 0 spiro atoms. The highest BCUT2D eigenvalue weighted by Crippen LogP contribution is 2.33. The Morgan fingerprint density at radius 1 is 1.22 bits per heavy atom. The van der Waals surface area contributed by atoms with Crippen molar-refractivity contribution in [1.82, 2.24) is 9.88 Å². The first kappa shape index (κ1) is 18.9. The van der Waals surface area contributed by atoms with Crippen LogP contribution < -0.4 is 9.64 Å². The maximum atomic E-state index is 12.9. The van der Waals surface area contributed by atoms with Crippen LogP contribution in [-0.2, 0) is 16.1 Å². The number of rotatable bonds is 6. The molecule has 0 N–H and O–H groups in total. The van der Waals surface area contributed by atoms with Crippen LogP contribution in [0.2, 0.25) is 0 Å². The van der Waals surface area contributed by atoms with Gasteiger partial charge in [-0.3, -0.25) is 14.6 Å². The number of hydrogen-bond donors (Lipinski definition) is 0. The van der Waals surface area contributed by atoms with E-state index in [4.69, 9.17) is 4.74 Å². The molecule has 0 radical (unpaired) electrons. The molecule has 2 heterocycles. The quantitative estimate of drug-likeness (QED) is 0.787. The lowest BCUT2D eigenvalue weighted by atomic mass is 10.1. The Morgan fingerprint density at radius 3 is 2.67 bits per heavy atom. The van der Waals surface area contributed by atoms with Crippen molar-refractivity contribution in [3.8, 4) is 5.75 Å². The smallest absolute Gasteiger partial charge is 0.267 e. The minimum atomic E-state index is -0.551. The standard InChI is InChI=1S/C21H25N3O3/c1-15(2)24(14-17-8-6-7-12-22-17)20(25)11-13-23-18-9-4-5-10-19(18)27-16(3)21(23)26/h4-10,12,15-16H,11,13-14H2,1-3H3/t16-/m0/s1. The molecule has 3 rings (SSSR count).